The first-order chi connectivity index (χ1) is 11.7. The van der Waals surface area contributed by atoms with E-state index in [-0.39, 0.29) is 12.6 Å². The van der Waals surface area contributed by atoms with Crippen LogP contribution in [0.25, 0.3) is 0 Å². The van der Waals surface area contributed by atoms with Crippen molar-refractivity contribution < 1.29 is 15.5 Å². The first kappa shape index (κ1) is 17.3. The van der Waals surface area contributed by atoms with E-state index in [2.05, 4.69) is 48.2 Å². The van der Waals surface area contributed by atoms with Crippen molar-refractivity contribution in [1.29, 1.82) is 0 Å². The number of nitrogens with two attached hydrogens (primary N) is 1. The van der Waals surface area contributed by atoms with Crippen LogP contribution < -0.4 is 10.2 Å². The van der Waals surface area contributed by atoms with E-state index in [1.165, 1.54) is 9.79 Å². The number of nitrogens with zero attached hydrogens (tertiary/aromatic N) is 1. The first-order valence-corrected chi connectivity index (χ1v) is 9.30. The predicted octanol–water partition coefficient (Wildman–Crippen LogP) is 1.98. The smallest absolute Gasteiger partial charge is 0.121 e. The number of aliphatic hydroxyl groups excluding tert-OH is 2. The van der Waals surface area contributed by atoms with Crippen LogP contribution in [0.15, 0.2) is 58.3 Å². The van der Waals surface area contributed by atoms with Crippen molar-refractivity contribution in [2.24, 2.45) is 0 Å². The minimum atomic E-state index is -0.463. The second kappa shape index (κ2) is 8.03. The molecule has 0 unspecified atom stereocenters. The fourth-order valence-corrected chi connectivity index (χ4v) is 4.08. The van der Waals surface area contributed by atoms with E-state index in [4.69, 9.17) is 0 Å². The standard InChI is InChI=1S/C19H24N2O2S/c1-2-14(13-22)20-11-15(23)12-21-16-7-3-5-9-18(16)24-19-10-6-4-8-17(19)21/h3-10,14-15,20,22-23H,2,11-13H2,1H3/p+1/t14-,15+/m0/s1. The zero-order chi connectivity index (χ0) is 16.9. The van der Waals surface area contributed by atoms with Gasteiger partial charge >= 0.3 is 0 Å². The van der Waals surface area contributed by atoms with E-state index in [1.807, 2.05) is 17.4 Å². The van der Waals surface area contributed by atoms with Gasteiger partial charge in [-0.05, 0) is 30.7 Å². The minimum Gasteiger partial charge on any atom is -0.390 e. The Hall–Kier alpha value is -1.53. The Kier molecular flexibility index (Phi) is 5.79. The van der Waals surface area contributed by atoms with Gasteiger partial charge in [0.2, 0.25) is 0 Å². The molecule has 4 nitrogen and oxygen atoms in total. The van der Waals surface area contributed by atoms with Gasteiger partial charge in [0.15, 0.2) is 0 Å². The molecule has 0 saturated carbocycles. The van der Waals surface area contributed by atoms with Crippen LogP contribution in [0.1, 0.15) is 13.3 Å². The SMILES string of the molecule is CC[C@@H](CO)[NH2+]C[C@@H](O)CN1c2ccccc2Sc2ccccc21. The average molecular weight is 345 g/mol. The summed E-state index contributed by atoms with van der Waals surface area (Å²) in [5.74, 6) is 0. The van der Waals surface area contributed by atoms with Gasteiger partial charge in [0.25, 0.3) is 0 Å². The number of aliphatic hydroxyl groups is 2. The zero-order valence-electron chi connectivity index (χ0n) is 13.9. The van der Waals surface area contributed by atoms with E-state index in [1.54, 1.807) is 11.8 Å². The molecule has 0 spiro atoms. The Morgan fingerprint density at radius 3 is 2.17 bits per heavy atom. The summed E-state index contributed by atoms with van der Waals surface area (Å²) in [5, 5.41) is 21.9. The Morgan fingerprint density at radius 2 is 1.62 bits per heavy atom. The normalized spacial score (nSPS) is 15.5. The lowest BCUT2D eigenvalue weighted by molar-refractivity contribution is -0.696. The number of β-amino-alcohol motifs (C(OH)–C–C–N with tert-alkyl or cyclic N) is 1. The molecule has 2 aromatic carbocycles. The van der Waals surface area contributed by atoms with Gasteiger partial charge in [-0.15, -0.1) is 0 Å². The maximum Gasteiger partial charge on any atom is 0.121 e. The number of anilines is 2. The highest BCUT2D eigenvalue weighted by Crippen LogP contribution is 2.47. The van der Waals surface area contributed by atoms with Crippen molar-refractivity contribution in [1.82, 2.24) is 0 Å². The van der Waals surface area contributed by atoms with E-state index in [0.29, 0.717) is 13.1 Å². The molecule has 0 aliphatic carbocycles. The molecular formula is C19H25N2O2S+. The van der Waals surface area contributed by atoms with Crippen LogP contribution in [-0.2, 0) is 0 Å². The summed E-state index contributed by atoms with van der Waals surface area (Å²) in [6.07, 6.45) is 0.435. The van der Waals surface area contributed by atoms with Gasteiger partial charge in [-0.1, -0.05) is 43.0 Å². The first-order valence-electron chi connectivity index (χ1n) is 8.48. The van der Waals surface area contributed by atoms with Gasteiger partial charge < -0.3 is 20.4 Å². The van der Waals surface area contributed by atoms with Gasteiger partial charge in [-0.3, -0.25) is 0 Å². The third-order valence-electron chi connectivity index (χ3n) is 4.43. The summed E-state index contributed by atoms with van der Waals surface area (Å²) in [4.78, 5) is 4.64. The number of rotatable bonds is 7. The molecule has 0 bridgehead atoms. The lowest BCUT2D eigenvalue weighted by Gasteiger charge is -2.34. The zero-order valence-corrected chi connectivity index (χ0v) is 14.7. The summed E-state index contributed by atoms with van der Waals surface area (Å²) in [7, 11) is 0. The maximum absolute atomic E-state index is 10.5. The number of quaternary nitrogens is 1. The van der Waals surface area contributed by atoms with E-state index < -0.39 is 6.10 Å². The lowest BCUT2D eigenvalue weighted by Crippen LogP contribution is -2.92. The Labute approximate surface area is 147 Å². The highest BCUT2D eigenvalue weighted by Gasteiger charge is 2.25. The quantitative estimate of drug-likeness (QED) is 0.718. The topological polar surface area (TPSA) is 60.3 Å². The van der Waals surface area contributed by atoms with E-state index in [9.17, 15) is 10.2 Å². The molecule has 4 N–H and O–H groups in total. The van der Waals surface area contributed by atoms with Crippen LogP contribution >= 0.6 is 11.8 Å². The van der Waals surface area contributed by atoms with Crippen LogP contribution in [0, 0.1) is 0 Å². The molecule has 0 amide bonds. The van der Waals surface area contributed by atoms with Crippen LogP contribution in [-0.4, -0.2) is 42.1 Å². The fraction of sp³-hybridized carbons (Fsp3) is 0.368. The Balaban J connectivity index is 1.77. The summed E-state index contributed by atoms with van der Waals surface area (Å²) >= 11 is 1.77. The van der Waals surface area contributed by atoms with Crippen molar-refractivity contribution in [2.45, 2.75) is 35.3 Å². The van der Waals surface area contributed by atoms with Gasteiger partial charge in [-0.2, -0.15) is 0 Å². The molecule has 0 radical (unpaired) electrons. The summed E-state index contributed by atoms with van der Waals surface area (Å²) in [6, 6.07) is 16.8. The van der Waals surface area contributed by atoms with E-state index >= 15 is 0 Å². The summed E-state index contributed by atoms with van der Waals surface area (Å²) < 4.78 is 0. The number of fused-ring (bicyclic) bond motifs is 2. The number of para-hydroxylation sites is 2. The molecule has 0 aromatic heterocycles. The number of hydrogen-bond donors (Lipinski definition) is 3. The molecule has 1 aliphatic rings. The van der Waals surface area contributed by atoms with Gasteiger partial charge in [-0.25, -0.2) is 0 Å². The molecule has 0 fully saturated rings. The minimum absolute atomic E-state index is 0.148. The largest absolute Gasteiger partial charge is 0.390 e. The third kappa shape index (κ3) is 3.75. The summed E-state index contributed by atoms with van der Waals surface area (Å²) in [5.41, 5.74) is 2.30. The Bertz CT molecular complexity index is 630. The van der Waals surface area contributed by atoms with Crippen LogP contribution in [0.2, 0.25) is 0 Å². The van der Waals surface area contributed by atoms with Crippen molar-refractivity contribution >= 4 is 23.1 Å². The summed E-state index contributed by atoms with van der Waals surface area (Å²) in [6.45, 7) is 3.34. The average Bonchev–Trinajstić information content (AvgIpc) is 2.62. The van der Waals surface area contributed by atoms with Crippen molar-refractivity contribution in [2.75, 3.05) is 24.6 Å². The maximum atomic E-state index is 10.5. The molecule has 5 heteroatoms. The molecule has 0 saturated heterocycles. The van der Waals surface area contributed by atoms with Crippen molar-refractivity contribution in [3.05, 3.63) is 48.5 Å². The van der Waals surface area contributed by atoms with Crippen LogP contribution in [0.3, 0.4) is 0 Å². The monoisotopic (exact) mass is 345 g/mol. The second-order valence-corrected chi connectivity index (χ2v) is 7.21. The van der Waals surface area contributed by atoms with Crippen molar-refractivity contribution in [3.63, 3.8) is 0 Å². The third-order valence-corrected chi connectivity index (χ3v) is 5.56. The second-order valence-electron chi connectivity index (χ2n) is 6.12. The highest BCUT2D eigenvalue weighted by molar-refractivity contribution is 7.99. The molecular weight excluding hydrogens is 320 g/mol. The highest BCUT2D eigenvalue weighted by atomic mass is 32.2. The van der Waals surface area contributed by atoms with Crippen LogP contribution in [0.4, 0.5) is 11.4 Å². The molecule has 1 aliphatic heterocycles. The van der Waals surface area contributed by atoms with Gasteiger partial charge in [0, 0.05) is 9.79 Å². The molecule has 128 valence electrons. The van der Waals surface area contributed by atoms with Gasteiger partial charge in [0.1, 0.15) is 18.7 Å². The lowest BCUT2D eigenvalue weighted by atomic mass is 10.2. The molecule has 3 rings (SSSR count). The molecule has 24 heavy (non-hydrogen) atoms. The molecule has 2 atom stereocenters. The van der Waals surface area contributed by atoms with Crippen molar-refractivity contribution in [3.8, 4) is 0 Å². The number of benzene rings is 2. The van der Waals surface area contributed by atoms with E-state index in [0.717, 1.165) is 17.8 Å². The van der Waals surface area contributed by atoms with Crippen LogP contribution in [0.5, 0.6) is 0 Å². The fourth-order valence-electron chi connectivity index (χ4n) is 2.98. The Morgan fingerprint density at radius 1 is 1.04 bits per heavy atom. The molecule has 1 heterocycles. The van der Waals surface area contributed by atoms with Gasteiger partial charge in [0.05, 0.1) is 24.5 Å². The predicted molar refractivity (Wildman–Crippen MR) is 98.0 cm³/mol. The molecule has 2 aromatic rings. The number of hydrogen-bond acceptors (Lipinski definition) is 4.